The van der Waals surface area contributed by atoms with Gasteiger partial charge in [-0.2, -0.15) is 0 Å². The Balaban J connectivity index is 0. The Morgan fingerprint density at radius 2 is 1.25 bits per heavy atom. The molecule has 0 unspecified atom stereocenters. The van der Waals surface area contributed by atoms with Gasteiger partial charge in [-0.05, 0) is 0 Å². The van der Waals surface area contributed by atoms with Gasteiger partial charge in [0.25, 0.3) is 0 Å². The van der Waals surface area contributed by atoms with Gasteiger partial charge in [0, 0.05) is 0 Å². The van der Waals surface area contributed by atoms with Crippen molar-refractivity contribution in [3.8, 4) is 0 Å². The van der Waals surface area contributed by atoms with E-state index >= 15 is 0 Å². The number of hydrogen-bond acceptors (Lipinski definition) is 2. The van der Waals surface area contributed by atoms with E-state index in [-0.39, 0.29) is 0 Å². The van der Waals surface area contributed by atoms with Crippen molar-refractivity contribution in [1.29, 1.82) is 0 Å². The summed E-state index contributed by atoms with van der Waals surface area (Å²) in [6, 6.07) is 0. The third-order valence-electron chi connectivity index (χ3n) is 0. The van der Waals surface area contributed by atoms with Gasteiger partial charge < -0.3 is 0 Å². The molecule has 0 heterocycles. The molecular weight excluding hydrogens is 269 g/mol. The van der Waals surface area contributed by atoms with Crippen molar-refractivity contribution < 1.29 is 64.9 Å². The van der Waals surface area contributed by atoms with Crippen LogP contribution in [0.1, 0.15) is 0 Å². The summed E-state index contributed by atoms with van der Waals surface area (Å²) in [5.41, 5.74) is 0. The topological polar surface area (TPSA) is 34.1 Å². The quantitative estimate of drug-likeness (QED) is 0.568. The Hall–Kier alpha value is 1.64. The van der Waals surface area contributed by atoms with Crippen LogP contribution in [0.2, 0.25) is 0 Å². The van der Waals surface area contributed by atoms with Crippen molar-refractivity contribution >= 4 is 0 Å². The zero-order chi connectivity index (χ0) is 4.00. The van der Waals surface area contributed by atoms with E-state index in [0.29, 0.717) is 0 Å². The second kappa shape index (κ2) is 22.9. The van der Waals surface area contributed by atoms with Crippen molar-refractivity contribution in [3.63, 3.8) is 0 Å². The predicted molar refractivity (Wildman–Crippen MR) is 1.37 cm³/mol. The van der Waals surface area contributed by atoms with E-state index in [1.165, 1.54) is 44.8 Å². The average Bonchev–Trinajstić information content (AvgIpc) is 1.50. The first-order valence-corrected chi connectivity index (χ1v) is 1.32. The standard InChI is InChI=1S/Cu.2O.Yb. The van der Waals surface area contributed by atoms with E-state index in [2.05, 4.69) is 15.9 Å². The third kappa shape index (κ3) is 9.43. The van der Waals surface area contributed by atoms with Crippen LogP contribution in [0, 0.1) is 44.8 Å². The van der Waals surface area contributed by atoms with Crippen LogP contribution in [0.5, 0.6) is 0 Å². The molecule has 0 saturated heterocycles. The van der Waals surface area contributed by atoms with Crippen molar-refractivity contribution in [3.05, 3.63) is 0 Å². The molecule has 4 heteroatoms. The molecule has 0 aromatic heterocycles. The molecule has 0 fully saturated rings. The maximum atomic E-state index is 8.11. The van der Waals surface area contributed by atoms with Crippen molar-refractivity contribution in [2.24, 2.45) is 0 Å². The third-order valence-corrected chi connectivity index (χ3v) is 0. The second-order valence-electron chi connectivity index (χ2n) is 0. The van der Waals surface area contributed by atoms with Gasteiger partial charge in [0.05, 0.1) is 0 Å². The summed E-state index contributed by atoms with van der Waals surface area (Å²) in [7, 11) is 0. The van der Waals surface area contributed by atoms with E-state index in [4.69, 9.17) is 4.12 Å². The summed E-state index contributed by atoms with van der Waals surface area (Å²) in [4.78, 5) is 0. The summed E-state index contributed by atoms with van der Waals surface area (Å²) < 4.78 is 15.9. The molecule has 0 N–H and O–H groups in total. The summed E-state index contributed by atoms with van der Waals surface area (Å²) in [5.74, 6) is 0. The zero-order valence-corrected chi connectivity index (χ0v) is 4.04. The van der Waals surface area contributed by atoms with Crippen LogP contribution in [0.15, 0.2) is 0 Å². The SMILES string of the molecule is [O]=[Cu].[O]=[Yb]. The van der Waals surface area contributed by atoms with Gasteiger partial charge in [0.2, 0.25) is 0 Å². The molecule has 4 heavy (non-hydrogen) atoms. The molecule has 0 aromatic rings. The molecule has 0 aliphatic heterocycles. The minimum absolute atomic E-state index is 1.44. The van der Waals surface area contributed by atoms with Gasteiger partial charge in [-0.1, -0.05) is 0 Å². The summed E-state index contributed by atoms with van der Waals surface area (Å²) in [6.07, 6.45) is 0. The van der Waals surface area contributed by atoms with E-state index in [1.54, 1.807) is 0 Å². The van der Waals surface area contributed by atoms with Crippen LogP contribution >= 0.6 is 0 Å². The van der Waals surface area contributed by atoms with Gasteiger partial charge in [-0.15, -0.1) is 0 Å². The average molecular weight is 269 g/mol. The van der Waals surface area contributed by atoms with Crippen LogP contribution in [0.25, 0.3) is 0 Å². The van der Waals surface area contributed by atoms with Crippen LogP contribution < -0.4 is 0 Å². The van der Waals surface area contributed by atoms with Crippen molar-refractivity contribution in [1.82, 2.24) is 0 Å². The van der Waals surface area contributed by atoms with E-state index in [1.807, 2.05) is 0 Å². The molecule has 37 valence electrons. The molecule has 0 rings (SSSR count). The Bertz CT molecular complexity index is 8.00. The summed E-state index contributed by atoms with van der Waals surface area (Å²) in [6.45, 7) is 0. The van der Waals surface area contributed by atoms with Gasteiger partial charge in [-0.25, -0.2) is 0 Å². The Labute approximate surface area is 63.6 Å². The van der Waals surface area contributed by atoms with Crippen LogP contribution in [0.4, 0.5) is 0 Å². The summed E-state index contributed by atoms with van der Waals surface area (Å²) in [5, 5.41) is 0. The molecule has 0 aliphatic carbocycles. The molecule has 0 spiro atoms. The minimum atomic E-state index is 1.44. The second-order valence-corrected chi connectivity index (χ2v) is 0. The Kier molecular flexibility index (Phi) is 52.4. The molecule has 0 bridgehead atoms. The molecule has 0 amide bonds. The van der Waals surface area contributed by atoms with Gasteiger partial charge >= 0.3 is 64.9 Å². The maximum absolute atomic E-state index is 8.11. The first-order valence-electron chi connectivity index (χ1n) is 0.232. The van der Waals surface area contributed by atoms with Gasteiger partial charge in [0.15, 0.2) is 0 Å². The van der Waals surface area contributed by atoms with E-state index in [9.17, 15) is 0 Å². The molecule has 0 aromatic carbocycles. The fourth-order valence-electron chi connectivity index (χ4n) is 0. The summed E-state index contributed by atoms with van der Waals surface area (Å²) >= 11 is 4.38. The number of hydrogen-bond donors (Lipinski definition) is 0. The first kappa shape index (κ1) is 9.16. The molecule has 0 radical (unpaired) electrons. The van der Waals surface area contributed by atoms with Crippen molar-refractivity contribution in [2.45, 2.75) is 0 Å². The molecule has 2 nitrogen and oxygen atoms in total. The van der Waals surface area contributed by atoms with Gasteiger partial charge in [-0.3, -0.25) is 0 Å². The fourth-order valence-corrected chi connectivity index (χ4v) is 0. The Morgan fingerprint density at radius 1 is 1.25 bits per heavy atom. The molecule has 0 saturated carbocycles. The fraction of sp³-hybridized carbons (Fsp3) is 0. The molecule has 0 atom stereocenters. The molecular formula is CuO2Yb. The van der Waals surface area contributed by atoms with E-state index in [0.717, 1.165) is 0 Å². The first-order chi connectivity index (χ1) is 2.00. The van der Waals surface area contributed by atoms with Crippen molar-refractivity contribution in [2.75, 3.05) is 0 Å². The van der Waals surface area contributed by atoms with Crippen LogP contribution in [-0.4, -0.2) is 0 Å². The zero-order valence-electron chi connectivity index (χ0n) is 1.39. The predicted octanol–water partition coefficient (Wildman–Crippen LogP) is -0.240. The molecule has 0 aliphatic rings. The number of rotatable bonds is 0. The van der Waals surface area contributed by atoms with Gasteiger partial charge in [0.1, 0.15) is 0 Å². The normalized spacial score (nSPS) is 3.00. The van der Waals surface area contributed by atoms with Crippen LogP contribution in [-0.2, 0) is 20.1 Å². The van der Waals surface area contributed by atoms with E-state index < -0.39 is 0 Å². The Morgan fingerprint density at radius 3 is 1.25 bits per heavy atom. The monoisotopic (exact) mass is 269 g/mol. The van der Waals surface area contributed by atoms with Crippen LogP contribution in [0.3, 0.4) is 0 Å².